The van der Waals surface area contributed by atoms with Gasteiger partial charge in [-0.2, -0.15) is 0 Å². The topological polar surface area (TPSA) is 44.4 Å². The van der Waals surface area contributed by atoms with Crippen molar-refractivity contribution in [1.29, 1.82) is 0 Å². The Kier molecular flexibility index (Phi) is 1.09. The van der Waals surface area contributed by atoms with E-state index >= 15 is 0 Å². The number of urea groups is 1. The molecular formula is C4H9N3O. The van der Waals surface area contributed by atoms with Gasteiger partial charge in [0.1, 0.15) is 0 Å². The number of hydrazine groups is 1. The quantitative estimate of drug-likeness (QED) is 0.446. The van der Waals surface area contributed by atoms with Crippen molar-refractivity contribution in [3.63, 3.8) is 0 Å². The van der Waals surface area contributed by atoms with Gasteiger partial charge in [0, 0.05) is 7.05 Å². The van der Waals surface area contributed by atoms with Crippen LogP contribution in [0.3, 0.4) is 0 Å². The first-order valence-electron chi connectivity index (χ1n) is 2.50. The van der Waals surface area contributed by atoms with E-state index in [2.05, 4.69) is 10.7 Å². The Morgan fingerprint density at radius 1 is 1.75 bits per heavy atom. The molecule has 1 fully saturated rings. The number of amides is 2. The Balaban J connectivity index is 2.51. The first-order valence-corrected chi connectivity index (χ1v) is 2.50. The molecule has 0 radical (unpaired) electrons. The van der Waals surface area contributed by atoms with E-state index in [1.54, 1.807) is 7.05 Å². The summed E-state index contributed by atoms with van der Waals surface area (Å²) < 4.78 is 0. The molecule has 4 heteroatoms. The lowest BCUT2D eigenvalue weighted by Gasteiger charge is -2.04. The third-order valence-electron chi connectivity index (χ3n) is 1.03. The van der Waals surface area contributed by atoms with Crippen LogP contribution < -0.4 is 10.7 Å². The van der Waals surface area contributed by atoms with Crippen molar-refractivity contribution in [3.05, 3.63) is 0 Å². The van der Waals surface area contributed by atoms with Crippen LogP contribution in [0.1, 0.15) is 6.92 Å². The van der Waals surface area contributed by atoms with E-state index < -0.39 is 0 Å². The van der Waals surface area contributed by atoms with Gasteiger partial charge < -0.3 is 5.32 Å². The van der Waals surface area contributed by atoms with Crippen LogP contribution in [0.4, 0.5) is 4.79 Å². The summed E-state index contributed by atoms with van der Waals surface area (Å²) in [4.78, 5) is 10.5. The van der Waals surface area contributed by atoms with Gasteiger partial charge in [0.05, 0.1) is 6.17 Å². The van der Waals surface area contributed by atoms with Crippen molar-refractivity contribution in [2.24, 2.45) is 0 Å². The minimum atomic E-state index is -0.0718. The summed E-state index contributed by atoms with van der Waals surface area (Å²) >= 11 is 0. The van der Waals surface area contributed by atoms with Crippen molar-refractivity contribution in [3.8, 4) is 0 Å². The fourth-order valence-electron chi connectivity index (χ4n) is 0.663. The highest BCUT2D eigenvalue weighted by Gasteiger charge is 2.19. The highest BCUT2D eigenvalue weighted by Crippen LogP contribution is 1.90. The molecule has 2 N–H and O–H groups in total. The number of hydrogen-bond donors (Lipinski definition) is 2. The Morgan fingerprint density at radius 2 is 2.38 bits per heavy atom. The molecule has 0 saturated carbocycles. The lowest BCUT2D eigenvalue weighted by atomic mass is 10.6. The van der Waals surface area contributed by atoms with Gasteiger partial charge in [-0.1, -0.05) is 0 Å². The molecule has 1 rings (SSSR count). The van der Waals surface area contributed by atoms with Crippen molar-refractivity contribution >= 4 is 6.03 Å². The molecule has 1 heterocycles. The predicted molar refractivity (Wildman–Crippen MR) is 28.9 cm³/mol. The Morgan fingerprint density at radius 3 is 2.50 bits per heavy atom. The number of nitrogens with one attached hydrogen (secondary N) is 2. The van der Waals surface area contributed by atoms with Crippen molar-refractivity contribution in [2.75, 3.05) is 7.05 Å². The maximum Gasteiger partial charge on any atom is 0.332 e. The van der Waals surface area contributed by atoms with Gasteiger partial charge in [-0.05, 0) is 6.92 Å². The number of carbonyl (C=O) groups is 1. The zero-order chi connectivity index (χ0) is 6.15. The Labute approximate surface area is 47.8 Å². The molecule has 4 nitrogen and oxygen atoms in total. The summed E-state index contributed by atoms with van der Waals surface area (Å²) in [5, 5.41) is 4.06. The SMILES string of the molecule is CC1NC(=O)N(C)N1. The first kappa shape index (κ1) is 5.37. The fraction of sp³-hybridized carbons (Fsp3) is 0.750. The normalized spacial score (nSPS) is 28.5. The molecule has 1 aliphatic heterocycles. The number of rotatable bonds is 0. The van der Waals surface area contributed by atoms with Crippen LogP contribution in [-0.4, -0.2) is 24.3 Å². The van der Waals surface area contributed by atoms with Crippen LogP contribution in [0.2, 0.25) is 0 Å². The van der Waals surface area contributed by atoms with Crippen molar-refractivity contribution in [2.45, 2.75) is 13.1 Å². The van der Waals surface area contributed by atoms with E-state index in [4.69, 9.17) is 0 Å². The van der Waals surface area contributed by atoms with Gasteiger partial charge in [-0.15, -0.1) is 0 Å². The molecular weight excluding hydrogens is 106 g/mol. The van der Waals surface area contributed by atoms with Gasteiger partial charge in [-0.25, -0.2) is 10.2 Å². The molecule has 1 unspecified atom stereocenters. The molecule has 8 heavy (non-hydrogen) atoms. The number of carbonyl (C=O) groups excluding carboxylic acids is 1. The average molecular weight is 115 g/mol. The highest BCUT2D eigenvalue weighted by molar-refractivity contribution is 5.75. The maximum absolute atomic E-state index is 10.5. The molecule has 0 aliphatic carbocycles. The molecule has 0 aromatic carbocycles. The summed E-state index contributed by atoms with van der Waals surface area (Å²) in [6.07, 6.45) is 0.0764. The van der Waals surface area contributed by atoms with Crippen LogP contribution in [0, 0.1) is 0 Å². The van der Waals surface area contributed by atoms with Crippen LogP contribution in [-0.2, 0) is 0 Å². The molecule has 1 saturated heterocycles. The fourth-order valence-corrected chi connectivity index (χ4v) is 0.663. The van der Waals surface area contributed by atoms with Crippen molar-refractivity contribution in [1.82, 2.24) is 15.8 Å². The molecule has 1 aliphatic rings. The van der Waals surface area contributed by atoms with Gasteiger partial charge in [0.2, 0.25) is 0 Å². The number of hydrogen-bond acceptors (Lipinski definition) is 2. The number of nitrogens with zero attached hydrogens (tertiary/aromatic N) is 1. The second kappa shape index (κ2) is 1.63. The molecule has 1 atom stereocenters. The maximum atomic E-state index is 10.5. The van der Waals surface area contributed by atoms with Gasteiger partial charge in [-0.3, -0.25) is 5.01 Å². The van der Waals surface area contributed by atoms with Crippen molar-refractivity contribution < 1.29 is 4.79 Å². The van der Waals surface area contributed by atoms with Crippen LogP contribution >= 0.6 is 0 Å². The van der Waals surface area contributed by atoms with Crippen LogP contribution in [0.25, 0.3) is 0 Å². The molecule has 46 valence electrons. The summed E-state index contributed by atoms with van der Waals surface area (Å²) in [7, 11) is 1.68. The molecule has 0 spiro atoms. The largest absolute Gasteiger partial charge is 0.332 e. The van der Waals surface area contributed by atoms with E-state index in [0.29, 0.717) is 0 Å². The minimum Gasteiger partial charge on any atom is -0.320 e. The third-order valence-corrected chi connectivity index (χ3v) is 1.03. The third kappa shape index (κ3) is 0.742. The summed E-state index contributed by atoms with van der Waals surface area (Å²) in [6, 6.07) is -0.0718. The Bertz CT molecular complexity index is 114. The average Bonchev–Trinajstić information content (AvgIpc) is 1.85. The lowest BCUT2D eigenvalue weighted by molar-refractivity contribution is 0.214. The molecule has 0 aromatic rings. The Hall–Kier alpha value is -0.770. The molecule has 0 bridgehead atoms. The molecule has 2 amide bonds. The van der Waals surface area contributed by atoms with E-state index in [1.165, 1.54) is 5.01 Å². The van der Waals surface area contributed by atoms with Crippen LogP contribution in [0.15, 0.2) is 0 Å². The smallest absolute Gasteiger partial charge is 0.320 e. The summed E-state index contributed by atoms with van der Waals surface area (Å²) in [5.74, 6) is 0. The predicted octanol–water partition coefficient (Wildman–Crippen LogP) is -0.508. The summed E-state index contributed by atoms with van der Waals surface area (Å²) in [5.41, 5.74) is 2.84. The summed E-state index contributed by atoms with van der Waals surface area (Å²) in [6.45, 7) is 1.88. The van der Waals surface area contributed by atoms with E-state index in [1.807, 2.05) is 6.92 Å². The van der Waals surface area contributed by atoms with Gasteiger partial charge in [0.25, 0.3) is 0 Å². The van der Waals surface area contributed by atoms with Gasteiger partial charge in [0.15, 0.2) is 0 Å². The molecule has 0 aromatic heterocycles. The van der Waals surface area contributed by atoms with Crippen LogP contribution in [0.5, 0.6) is 0 Å². The van der Waals surface area contributed by atoms with E-state index in [-0.39, 0.29) is 12.2 Å². The first-order chi connectivity index (χ1) is 3.70. The zero-order valence-electron chi connectivity index (χ0n) is 4.93. The zero-order valence-corrected chi connectivity index (χ0v) is 4.93. The lowest BCUT2D eigenvalue weighted by Crippen LogP contribution is -2.32. The monoisotopic (exact) mass is 115 g/mol. The van der Waals surface area contributed by atoms with Gasteiger partial charge >= 0.3 is 6.03 Å². The second-order valence-electron chi connectivity index (χ2n) is 1.86. The minimum absolute atomic E-state index is 0.0718. The van der Waals surface area contributed by atoms with E-state index in [9.17, 15) is 4.79 Å². The second-order valence-corrected chi connectivity index (χ2v) is 1.86. The highest BCUT2D eigenvalue weighted by atomic mass is 16.2. The standard InChI is InChI=1S/C4H9N3O/c1-3-5-4(8)7(2)6-3/h3,6H,1-2H3,(H,5,8). The van der Waals surface area contributed by atoms with E-state index in [0.717, 1.165) is 0 Å².